The summed E-state index contributed by atoms with van der Waals surface area (Å²) >= 11 is 0. The van der Waals surface area contributed by atoms with E-state index in [-0.39, 0.29) is 0 Å². The van der Waals surface area contributed by atoms with Gasteiger partial charge in [-0.05, 0) is 18.4 Å². The maximum absolute atomic E-state index is 10.5. The fourth-order valence-corrected chi connectivity index (χ4v) is 1.86. The van der Waals surface area contributed by atoms with Crippen molar-refractivity contribution in [3.8, 4) is 0 Å². The van der Waals surface area contributed by atoms with Crippen molar-refractivity contribution in [3.63, 3.8) is 0 Å². The molecule has 1 aromatic rings. The molecule has 0 aliphatic carbocycles. The number of nitrogens with zero attached hydrogens (tertiary/aromatic N) is 1. The van der Waals surface area contributed by atoms with Crippen LogP contribution in [-0.4, -0.2) is 10.9 Å². The van der Waals surface area contributed by atoms with Crippen molar-refractivity contribution in [2.24, 2.45) is 5.92 Å². The van der Waals surface area contributed by atoms with Crippen molar-refractivity contribution >= 4 is 6.29 Å². The highest BCUT2D eigenvalue weighted by molar-refractivity contribution is 5.74. The van der Waals surface area contributed by atoms with Crippen LogP contribution in [-0.2, 0) is 6.54 Å². The fourth-order valence-electron chi connectivity index (χ4n) is 1.86. The van der Waals surface area contributed by atoms with E-state index in [1.165, 1.54) is 25.7 Å². The van der Waals surface area contributed by atoms with Gasteiger partial charge in [-0.1, -0.05) is 33.1 Å². The van der Waals surface area contributed by atoms with E-state index in [1.807, 2.05) is 18.5 Å². The van der Waals surface area contributed by atoms with E-state index >= 15 is 0 Å². The van der Waals surface area contributed by atoms with Crippen LogP contribution in [0.4, 0.5) is 0 Å². The lowest BCUT2D eigenvalue weighted by Crippen LogP contribution is -2.08. The standard InChI is InChI=1S/C13H21NO/c1-3-5-6-12(4-2)9-14-8-7-13(10-14)11-15/h7-8,10-12H,3-6,9H2,1-2H3. The van der Waals surface area contributed by atoms with Gasteiger partial charge in [-0.15, -0.1) is 0 Å². The van der Waals surface area contributed by atoms with Crippen LogP contribution in [0.3, 0.4) is 0 Å². The number of hydrogen-bond donors (Lipinski definition) is 0. The molecule has 0 saturated heterocycles. The van der Waals surface area contributed by atoms with Gasteiger partial charge >= 0.3 is 0 Å². The van der Waals surface area contributed by atoms with Gasteiger partial charge in [-0.2, -0.15) is 0 Å². The average Bonchev–Trinajstić information content (AvgIpc) is 2.71. The molecule has 2 nitrogen and oxygen atoms in total. The number of rotatable bonds is 7. The van der Waals surface area contributed by atoms with Crippen molar-refractivity contribution in [3.05, 3.63) is 24.0 Å². The summed E-state index contributed by atoms with van der Waals surface area (Å²) < 4.78 is 2.13. The molecule has 0 bridgehead atoms. The number of aromatic nitrogens is 1. The first-order valence-electron chi connectivity index (χ1n) is 5.91. The van der Waals surface area contributed by atoms with E-state index in [1.54, 1.807) is 0 Å². The van der Waals surface area contributed by atoms with Crippen LogP contribution >= 0.6 is 0 Å². The van der Waals surface area contributed by atoms with Crippen LogP contribution in [0.5, 0.6) is 0 Å². The molecular weight excluding hydrogens is 186 g/mol. The molecule has 0 fully saturated rings. The average molecular weight is 207 g/mol. The van der Waals surface area contributed by atoms with Gasteiger partial charge in [-0.3, -0.25) is 4.79 Å². The Bertz CT molecular complexity index is 290. The van der Waals surface area contributed by atoms with E-state index in [0.29, 0.717) is 0 Å². The minimum atomic E-state index is 0.747. The van der Waals surface area contributed by atoms with Crippen molar-refractivity contribution in [1.29, 1.82) is 0 Å². The molecule has 1 unspecified atom stereocenters. The Morgan fingerprint density at radius 3 is 2.80 bits per heavy atom. The zero-order chi connectivity index (χ0) is 11.1. The van der Waals surface area contributed by atoms with Gasteiger partial charge in [0.15, 0.2) is 6.29 Å². The van der Waals surface area contributed by atoms with E-state index < -0.39 is 0 Å². The molecule has 0 N–H and O–H groups in total. The number of carbonyl (C=O) groups excluding carboxylic acids is 1. The summed E-state index contributed by atoms with van der Waals surface area (Å²) in [6.07, 6.45) is 9.92. The summed E-state index contributed by atoms with van der Waals surface area (Å²) in [4.78, 5) is 10.5. The fraction of sp³-hybridized carbons (Fsp3) is 0.615. The van der Waals surface area contributed by atoms with Gasteiger partial charge in [0, 0.05) is 24.5 Å². The first-order chi connectivity index (χ1) is 7.30. The quantitative estimate of drug-likeness (QED) is 0.627. The highest BCUT2D eigenvalue weighted by Crippen LogP contribution is 2.15. The Morgan fingerprint density at radius 2 is 2.27 bits per heavy atom. The molecule has 0 radical (unpaired) electrons. The lowest BCUT2D eigenvalue weighted by atomic mass is 9.99. The summed E-state index contributed by atoms with van der Waals surface area (Å²) in [7, 11) is 0. The SMILES string of the molecule is CCCCC(CC)Cn1ccc(C=O)c1. The monoisotopic (exact) mass is 207 g/mol. The summed E-state index contributed by atoms with van der Waals surface area (Å²) in [6, 6.07) is 1.87. The minimum Gasteiger partial charge on any atom is -0.353 e. The van der Waals surface area contributed by atoms with Gasteiger partial charge in [0.25, 0.3) is 0 Å². The van der Waals surface area contributed by atoms with Crippen molar-refractivity contribution in [2.45, 2.75) is 46.1 Å². The zero-order valence-electron chi connectivity index (χ0n) is 9.78. The van der Waals surface area contributed by atoms with Crippen LogP contribution in [0.1, 0.15) is 49.9 Å². The maximum atomic E-state index is 10.5. The molecular formula is C13H21NO. The van der Waals surface area contributed by atoms with Crippen LogP contribution in [0.25, 0.3) is 0 Å². The third kappa shape index (κ3) is 3.90. The van der Waals surface area contributed by atoms with Crippen molar-refractivity contribution < 1.29 is 4.79 Å². The Kier molecular flexibility index (Phi) is 5.16. The van der Waals surface area contributed by atoms with Gasteiger partial charge in [0.2, 0.25) is 0 Å². The summed E-state index contributed by atoms with van der Waals surface area (Å²) in [5.74, 6) is 0.747. The third-order valence-electron chi connectivity index (χ3n) is 2.92. The van der Waals surface area contributed by atoms with Crippen LogP contribution in [0.2, 0.25) is 0 Å². The molecule has 1 aromatic heterocycles. The van der Waals surface area contributed by atoms with Crippen LogP contribution in [0, 0.1) is 5.92 Å². The van der Waals surface area contributed by atoms with Gasteiger partial charge in [0.05, 0.1) is 0 Å². The molecule has 84 valence electrons. The lowest BCUT2D eigenvalue weighted by Gasteiger charge is -2.14. The molecule has 1 heterocycles. The van der Waals surface area contributed by atoms with Crippen LogP contribution < -0.4 is 0 Å². The molecule has 0 saturated carbocycles. The highest BCUT2D eigenvalue weighted by Gasteiger charge is 2.06. The van der Waals surface area contributed by atoms with Gasteiger partial charge < -0.3 is 4.57 Å². The predicted molar refractivity (Wildman–Crippen MR) is 63.1 cm³/mol. The Balaban J connectivity index is 2.46. The molecule has 15 heavy (non-hydrogen) atoms. The maximum Gasteiger partial charge on any atom is 0.151 e. The smallest absolute Gasteiger partial charge is 0.151 e. The Morgan fingerprint density at radius 1 is 1.47 bits per heavy atom. The Hall–Kier alpha value is -1.05. The van der Waals surface area contributed by atoms with Gasteiger partial charge in [-0.25, -0.2) is 0 Å². The highest BCUT2D eigenvalue weighted by atomic mass is 16.1. The van der Waals surface area contributed by atoms with E-state index in [9.17, 15) is 4.79 Å². The molecule has 1 rings (SSSR count). The first kappa shape index (κ1) is 12.0. The van der Waals surface area contributed by atoms with Crippen molar-refractivity contribution in [2.75, 3.05) is 0 Å². The van der Waals surface area contributed by atoms with E-state index in [0.717, 1.165) is 24.3 Å². The molecule has 0 amide bonds. The normalized spacial score (nSPS) is 12.7. The zero-order valence-corrected chi connectivity index (χ0v) is 9.78. The number of carbonyl (C=O) groups is 1. The number of unbranched alkanes of at least 4 members (excludes halogenated alkanes) is 1. The second kappa shape index (κ2) is 6.44. The second-order valence-electron chi connectivity index (χ2n) is 4.18. The first-order valence-corrected chi connectivity index (χ1v) is 5.91. The third-order valence-corrected chi connectivity index (χ3v) is 2.92. The number of aldehydes is 1. The summed E-state index contributed by atoms with van der Waals surface area (Å²) in [5.41, 5.74) is 0.778. The Labute approximate surface area is 92.3 Å². The number of hydrogen-bond acceptors (Lipinski definition) is 1. The molecule has 0 aliphatic heterocycles. The lowest BCUT2D eigenvalue weighted by molar-refractivity contribution is 0.112. The molecule has 0 aliphatic rings. The minimum absolute atomic E-state index is 0.747. The van der Waals surface area contributed by atoms with Crippen LogP contribution in [0.15, 0.2) is 18.5 Å². The van der Waals surface area contributed by atoms with Crippen molar-refractivity contribution in [1.82, 2.24) is 4.57 Å². The summed E-state index contributed by atoms with van der Waals surface area (Å²) in [6.45, 7) is 5.52. The topological polar surface area (TPSA) is 22.0 Å². The van der Waals surface area contributed by atoms with E-state index in [4.69, 9.17) is 0 Å². The molecule has 0 spiro atoms. The predicted octanol–water partition coefficient (Wildman–Crippen LogP) is 3.52. The van der Waals surface area contributed by atoms with Gasteiger partial charge in [0.1, 0.15) is 0 Å². The molecule has 0 aromatic carbocycles. The largest absolute Gasteiger partial charge is 0.353 e. The molecule has 2 heteroatoms. The second-order valence-corrected chi connectivity index (χ2v) is 4.18. The van der Waals surface area contributed by atoms with E-state index in [2.05, 4.69) is 18.4 Å². The molecule has 1 atom stereocenters. The summed E-state index contributed by atoms with van der Waals surface area (Å²) in [5, 5.41) is 0.